The maximum Gasteiger partial charge on any atom is 0.336 e. The molecule has 1 aromatic rings. The smallest absolute Gasteiger partial charge is 0.336 e. The molecular weight excluding hydrogens is 352 g/mol. The second kappa shape index (κ2) is 6.76. The van der Waals surface area contributed by atoms with E-state index in [2.05, 4.69) is 15.9 Å². The van der Waals surface area contributed by atoms with Crippen LogP contribution in [-0.4, -0.2) is 36.2 Å². The van der Waals surface area contributed by atoms with Gasteiger partial charge in [0, 0.05) is 15.1 Å². The Morgan fingerprint density at radius 3 is 2.58 bits per heavy atom. The summed E-state index contributed by atoms with van der Waals surface area (Å²) in [7, 11) is -3.05. The number of carboxylic acids is 1. The second-order valence-corrected chi connectivity index (χ2v) is 8.91. The average molecular weight is 367 g/mol. The van der Waals surface area contributed by atoms with Crippen molar-refractivity contribution >= 4 is 43.5 Å². The van der Waals surface area contributed by atoms with Crippen molar-refractivity contribution in [3.63, 3.8) is 0 Å². The molecule has 0 heterocycles. The number of halogens is 1. The summed E-state index contributed by atoms with van der Waals surface area (Å²) < 4.78 is 23.8. The Hall–Kier alpha value is -0.530. The van der Waals surface area contributed by atoms with Crippen LogP contribution in [0.1, 0.15) is 24.2 Å². The fraction of sp³-hybridized carbons (Fsp3) is 0.417. The summed E-state index contributed by atoms with van der Waals surface area (Å²) in [4.78, 5) is 11.7. The zero-order chi connectivity index (χ0) is 14.6. The largest absolute Gasteiger partial charge is 0.478 e. The van der Waals surface area contributed by atoms with Crippen molar-refractivity contribution in [3.8, 4) is 0 Å². The van der Waals surface area contributed by atoms with Crippen LogP contribution in [-0.2, 0) is 9.84 Å². The SMILES string of the molecule is CC(C)S(=O)(=O)CCSc1ccc(Br)c(C(=O)O)c1. The number of benzene rings is 1. The quantitative estimate of drug-likeness (QED) is 0.783. The number of sulfone groups is 1. The average Bonchev–Trinajstić information content (AvgIpc) is 2.30. The molecule has 0 aliphatic carbocycles. The molecular formula is C12H15BrO4S2. The van der Waals surface area contributed by atoms with Gasteiger partial charge in [0.15, 0.2) is 9.84 Å². The van der Waals surface area contributed by atoms with E-state index >= 15 is 0 Å². The van der Waals surface area contributed by atoms with Crippen molar-refractivity contribution in [2.24, 2.45) is 0 Å². The molecule has 4 nitrogen and oxygen atoms in total. The molecule has 0 bridgehead atoms. The van der Waals surface area contributed by atoms with Crippen LogP contribution in [0.3, 0.4) is 0 Å². The van der Waals surface area contributed by atoms with E-state index in [-0.39, 0.29) is 16.6 Å². The van der Waals surface area contributed by atoms with Crippen LogP contribution in [0.25, 0.3) is 0 Å². The van der Waals surface area contributed by atoms with Crippen molar-refractivity contribution in [1.82, 2.24) is 0 Å². The number of rotatable bonds is 6. The van der Waals surface area contributed by atoms with E-state index in [0.717, 1.165) is 4.90 Å². The Labute approximate surface area is 125 Å². The molecule has 106 valence electrons. The third-order valence-corrected chi connectivity index (χ3v) is 6.68. The molecule has 0 amide bonds. The first kappa shape index (κ1) is 16.5. The van der Waals surface area contributed by atoms with Gasteiger partial charge < -0.3 is 5.11 Å². The Morgan fingerprint density at radius 1 is 1.42 bits per heavy atom. The standard InChI is InChI=1S/C12H15BrO4S2/c1-8(2)19(16,17)6-5-18-9-3-4-11(13)10(7-9)12(14)15/h3-4,7-8H,5-6H2,1-2H3,(H,14,15). The number of hydrogen-bond acceptors (Lipinski definition) is 4. The fourth-order valence-electron chi connectivity index (χ4n) is 1.27. The molecule has 0 spiro atoms. The van der Waals surface area contributed by atoms with Crippen molar-refractivity contribution < 1.29 is 18.3 Å². The van der Waals surface area contributed by atoms with Gasteiger partial charge >= 0.3 is 5.97 Å². The lowest BCUT2D eigenvalue weighted by Gasteiger charge is -2.08. The highest BCUT2D eigenvalue weighted by atomic mass is 79.9. The molecule has 1 N–H and O–H groups in total. The van der Waals surface area contributed by atoms with Gasteiger partial charge in [0.05, 0.1) is 16.6 Å². The third kappa shape index (κ3) is 4.81. The van der Waals surface area contributed by atoms with Gasteiger partial charge in [-0.2, -0.15) is 0 Å². The van der Waals surface area contributed by atoms with Gasteiger partial charge in [-0.25, -0.2) is 13.2 Å². The van der Waals surface area contributed by atoms with Crippen LogP contribution < -0.4 is 0 Å². The minimum absolute atomic E-state index is 0.0911. The summed E-state index contributed by atoms with van der Waals surface area (Å²) in [6.07, 6.45) is 0. The van der Waals surface area contributed by atoms with E-state index in [1.165, 1.54) is 11.8 Å². The van der Waals surface area contributed by atoms with Gasteiger partial charge in [0.1, 0.15) is 0 Å². The van der Waals surface area contributed by atoms with Crippen molar-refractivity contribution in [3.05, 3.63) is 28.2 Å². The summed E-state index contributed by atoms with van der Waals surface area (Å²) in [5.41, 5.74) is 0.178. The first-order valence-electron chi connectivity index (χ1n) is 5.61. The van der Waals surface area contributed by atoms with Crippen LogP contribution in [0.2, 0.25) is 0 Å². The molecule has 0 aliphatic rings. The zero-order valence-corrected chi connectivity index (χ0v) is 13.8. The van der Waals surface area contributed by atoms with Gasteiger partial charge in [-0.3, -0.25) is 0 Å². The number of thioether (sulfide) groups is 1. The van der Waals surface area contributed by atoms with Crippen LogP contribution in [0.4, 0.5) is 0 Å². The third-order valence-electron chi connectivity index (χ3n) is 2.52. The molecule has 0 aliphatic heterocycles. The minimum atomic E-state index is -3.05. The molecule has 1 rings (SSSR count). The summed E-state index contributed by atoms with van der Waals surface area (Å²) in [6, 6.07) is 4.96. The van der Waals surface area contributed by atoms with Crippen LogP contribution in [0.5, 0.6) is 0 Å². The molecule has 1 aromatic carbocycles. The number of carboxylic acid groups (broad SMARTS) is 1. The molecule has 7 heteroatoms. The van der Waals surface area contributed by atoms with Crippen LogP contribution in [0, 0.1) is 0 Å². The maximum absolute atomic E-state index is 11.6. The zero-order valence-electron chi connectivity index (χ0n) is 10.6. The minimum Gasteiger partial charge on any atom is -0.478 e. The molecule has 0 atom stereocenters. The lowest BCUT2D eigenvalue weighted by molar-refractivity contribution is 0.0695. The van der Waals surface area contributed by atoms with Crippen LogP contribution >= 0.6 is 27.7 Å². The summed E-state index contributed by atoms with van der Waals surface area (Å²) in [5.74, 6) is -0.501. The molecule has 0 fully saturated rings. The fourth-order valence-corrected chi connectivity index (χ4v) is 4.02. The van der Waals surface area contributed by atoms with E-state index < -0.39 is 15.8 Å². The topological polar surface area (TPSA) is 71.4 Å². The van der Waals surface area contributed by atoms with E-state index in [0.29, 0.717) is 10.2 Å². The predicted octanol–water partition coefficient (Wildman–Crippen LogP) is 3.06. The molecule has 0 aromatic heterocycles. The van der Waals surface area contributed by atoms with Gasteiger partial charge in [-0.1, -0.05) is 0 Å². The Bertz CT molecular complexity index is 567. The molecule has 0 radical (unpaired) electrons. The Balaban J connectivity index is 2.70. The summed E-state index contributed by atoms with van der Waals surface area (Å²) in [6.45, 7) is 3.31. The summed E-state index contributed by atoms with van der Waals surface area (Å²) >= 11 is 4.51. The summed E-state index contributed by atoms with van der Waals surface area (Å²) in [5, 5.41) is 8.60. The molecule has 19 heavy (non-hydrogen) atoms. The van der Waals surface area contributed by atoms with E-state index in [9.17, 15) is 13.2 Å². The Kier molecular flexibility index (Phi) is 5.88. The molecule has 0 saturated carbocycles. The lowest BCUT2D eigenvalue weighted by Crippen LogP contribution is -2.18. The monoisotopic (exact) mass is 366 g/mol. The lowest BCUT2D eigenvalue weighted by atomic mass is 10.2. The molecule has 0 unspecified atom stereocenters. The first-order chi connectivity index (χ1) is 8.74. The van der Waals surface area contributed by atoms with Crippen LogP contribution in [0.15, 0.2) is 27.6 Å². The first-order valence-corrected chi connectivity index (χ1v) is 9.10. The highest BCUT2D eigenvalue weighted by Crippen LogP contribution is 2.25. The van der Waals surface area contributed by atoms with Gasteiger partial charge in [-0.05, 0) is 48.0 Å². The van der Waals surface area contributed by atoms with Crippen molar-refractivity contribution in [2.75, 3.05) is 11.5 Å². The van der Waals surface area contributed by atoms with Crippen molar-refractivity contribution in [2.45, 2.75) is 24.0 Å². The molecule has 0 saturated heterocycles. The normalized spacial score (nSPS) is 11.8. The van der Waals surface area contributed by atoms with Crippen molar-refractivity contribution in [1.29, 1.82) is 0 Å². The van der Waals surface area contributed by atoms with E-state index in [1.54, 1.807) is 32.0 Å². The number of carbonyl (C=O) groups is 1. The highest BCUT2D eigenvalue weighted by molar-refractivity contribution is 9.10. The number of hydrogen-bond donors (Lipinski definition) is 1. The highest BCUT2D eigenvalue weighted by Gasteiger charge is 2.16. The van der Waals surface area contributed by atoms with Gasteiger partial charge in [0.25, 0.3) is 0 Å². The van der Waals surface area contributed by atoms with Gasteiger partial charge in [0.2, 0.25) is 0 Å². The van der Waals surface area contributed by atoms with E-state index in [1.807, 2.05) is 0 Å². The maximum atomic E-state index is 11.6. The number of aromatic carboxylic acids is 1. The Morgan fingerprint density at radius 2 is 2.05 bits per heavy atom. The second-order valence-electron chi connectivity index (χ2n) is 4.21. The van der Waals surface area contributed by atoms with Gasteiger partial charge in [-0.15, -0.1) is 11.8 Å². The predicted molar refractivity (Wildman–Crippen MR) is 80.7 cm³/mol. The van der Waals surface area contributed by atoms with E-state index in [4.69, 9.17) is 5.11 Å².